The summed E-state index contributed by atoms with van der Waals surface area (Å²) in [5, 5.41) is 14.2. The minimum absolute atomic E-state index is 0.0138. The number of rotatable bonds is 4. The number of fused-ring (bicyclic) bond motifs is 1. The maximum absolute atomic E-state index is 14.4. The van der Waals surface area contributed by atoms with Gasteiger partial charge in [-0.3, -0.25) is 4.79 Å². The van der Waals surface area contributed by atoms with Crippen molar-refractivity contribution < 1.29 is 28.0 Å². The number of carboxylic acids is 1. The van der Waals surface area contributed by atoms with E-state index in [0.29, 0.717) is 5.01 Å². The molecule has 2 aromatic heterocycles. The van der Waals surface area contributed by atoms with Crippen LogP contribution in [0.2, 0.25) is 0 Å². The van der Waals surface area contributed by atoms with E-state index in [-0.39, 0.29) is 27.3 Å². The van der Waals surface area contributed by atoms with Crippen molar-refractivity contribution in [3.63, 3.8) is 0 Å². The van der Waals surface area contributed by atoms with Gasteiger partial charge in [-0.05, 0) is 18.6 Å². The highest BCUT2D eigenvalue weighted by molar-refractivity contribution is 7.20. The Bertz CT molecular complexity index is 1330. The van der Waals surface area contributed by atoms with E-state index in [1.165, 1.54) is 35.8 Å². The third kappa shape index (κ3) is 3.25. The van der Waals surface area contributed by atoms with Crippen LogP contribution in [-0.4, -0.2) is 17.0 Å². The van der Waals surface area contributed by atoms with Crippen molar-refractivity contribution in [1.29, 1.82) is 0 Å². The summed E-state index contributed by atoms with van der Waals surface area (Å²) in [5.74, 6) is -3.98. The lowest BCUT2D eigenvalue weighted by atomic mass is 10.0. The molecule has 5 nitrogen and oxygen atoms in total. The minimum atomic E-state index is -1.34. The van der Waals surface area contributed by atoms with Crippen molar-refractivity contribution in [3.05, 3.63) is 69.5 Å². The predicted octanol–water partition coefficient (Wildman–Crippen LogP) is 4.99. The molecule has 4 rings (SSSR count). The van der Waals surface area contributed by atoms with Gasteiger partial charge in [-0.1, -0.05) is 35.6 Å². The van der Waals surface area contributed by atoms with Crippen LogP contribution in [0.15, 0.2) is 41.8 Å². The number of carbonyl (C=O) groups excluding carboxylic acids is 1. The van der Waals surface area contributed by atoms with Gasteiger partial charge in [0, 0.05) is 22.6 Å². The Morgan fingerprint density at radius 1 is 1.07 bits per heavy atom. The number of hydrogen-bond acceptors (Lipinski definition) is 4. The molecule has 0 aliphatic rings. The zero-order valence-electron chi connectivity index (χ0n) is 15.8. The molecule has 30 heavy (non-hydrogen) atoms. The summed E-state index contributed by atoms with van der Waals surface area (Å²) in [6.07, 6.45) is 0. The summed E-state index contributed by atoms with van der Waals surface area (Å²) in [5.41, 5.74) is 0.558. The smallest absolute Gasteiger partial charge is 0.339 e. The van der Waals surface area contributed by atoms with Gasteiger partial charge in [-0.25, -0.2) is 13.6 Å². The third-order valence-corrected chi connectivity index (χ3v) is 6.84. The van der Waals surface area contributed by atoms with Crippen molar-refractivity contribution >= 4 is 49.8 Å². The number of thiazole rings is 1. The highest BCUT2D eigenvalue weighted by Crippen LogP contribution is 2.38. The maximum Gasteiger partial charge on any atom is 0.339 e. The maximum atomic E-state index is 14.4. The number of nitrogens with zero attached hydrogens (tertiary/aromatic N) is 1. The second-order valence-electron chi connectivity index (χ2n) is 6.60. The number of thiophene rings is 1. The van der Waals surface area contributed by atoms with Gasteiger partial charge in [0.15, 0.2) is 11.6 Å². The molecule has 0 aliphatic heterocycles. The Kier molecular flexibility index (Phi) is 5.08. The molecule has 1 amide bonds. The molecule has 0 saturated carbocycles. The Morgan fingerprint density at radius 3 is 2.50 bits per heavy atom. The fraction of sp³-hybridized carbons (Fsp3) is 0.0952. The third-order valence-electron chi connectivity index (χ3n) is 4.73. The fourth-order valence-electron chi connectivity index (χ4n) is 3.17. The van der Waals surface area contributed by atoms with Crippen molar-refractivity contribution in [2.75, 3.05) is 5.32 Å². The van der Waals surface area contributed by atoms with Crippen LogP contribution in [0.1, 0.15) is 25.7 Å². The Morgan fingerprint density at radius 2 is 1.80 bits per heavy atom. The molecule has 9 heteroatoms. The number of halogens is 2. The van der Waals surface area contributed by atoms with Gasteiger partial charge in [-0.2, -0.15) is 4.57 Å². The summed E-state index contributed by atoms with van der Waals surface area (Å²) < 4.78 is 31.1. The lowest BCUT2D eigenvalue weighted by molar-refractivity contribution is -0.642. The molecule has 4 aromatic rings. The number of nitrogens with one attached hydrogen (secondary N) is 1. The number of aromatic nitrogens is 1. The number of carboxylic acid groups (broad SMARTS) is 1. The van der Waals surface area contributed by atoms with E-state index < -0.39 is 23.5 Å². The molecule has 0 unspecified atom stereocenters. The molecule has 0 bridgehead atoms. The van der Waals surface area contributed by atoms with Crippen molar-refractivity contribution in [2.45, 2.75) is 6.92 Å². The molecule has 0 aliphatic carbocycles. The molecule has 0 fully saturated rings. The molecule has 2 N–H and O–H groups in total. The monoisotopic (exact) mass is 445 g/mol. The largest absolute Gasteiger partial charge is 0.478 e. The zero-order chi connectivity index (χ0) is 21.6. The topological polar surface area (TPSA) is 70.3 Å². The molecule has 2 heterocycles. The number of carbonyl (C=O) groups is 2. The number of aromatic carboxylic acids is 1. The number of para-hydroxylation sites is 1. The van der Waals surface area contributed by atoms with Gasteiger partial charge in [0.1, 0.15) is 22.3 Å². The second-order valence-corrected chi connectivity index (χ2v) is 8.52. The van der Waals surface area contributed by atoms with E-state index in [0.717, 1.165) is 21.6 Å². The molecular weight excluding hydrogens is 430 g/mol. The van der Waals surface area contributed by atoms with Crippen molar-refractivity contribution in [3.8, 4) is 11.1 Å². The quantitative estimate of drug-likeness (QED) is 0.435. The lowest BCUT2D eigenvalue weighted by Crippen LogP contribution is -2.35. The van der Waals surface area contributed by atoms with Crippen molar-refractivity contribution in [1.82, 2.24) is 0 Å². The normalized spacial score (nSPS) is 11.1. The average molecular weight is 445 g/mol. The van der Waals surface area contributed by atoms with Gasteiger partial charge in [-0.15, -0.1) is 11.3 Å². The number of amides is 1. The van der Waals surface area contributed by atoms with E-state index in [1.807, 2.05) is 24.3 Å². The first-order valence-electron chi connectivity index (χ1n) is 8.78. The first-order chi connectivity index (χ1) is 14.3. The number of aryl methyl sites for hydroxylation is 2. The Labute approximate surface area is 177 Å². The molecule has 0 atom stereocenters. The van der Waals surface area contributed by atoms with E-state index >= 15 is 0 Å². The van der Waals surface area contributed by atoms with Crippen LogP contribution in [0.25, 0.3) is 21.3 Å². The molecule has 2 aromatic carbocycles. The summed E-state index contributed by atoms with van der Waals surface area (Å²) in [4.78, 5) is 24.8. The number of hydrogen-bond donors (Lipinski definition) is 2. The van der Waals surface area contributed by atoms with Gasteiger partial charge >= 0.3 is 16.9 Å². The van der Waals surface area contributed by atoms with Crippen LogP contribution in [0.5, 0.6) is 0 Å². The van der Waals surface area contributed by atoms with Crippen LogP contribution in [0, 0.1) is 18.6 Å². The van der Waals surface area contributed by atoms with Crippen molar-refractivity contribution in [2.24, 2.45) is 7.05 Å². The molecule has 0 spiro atoms. The van der Waals surface area contributed by atoms with Crippen LogP contribution >= 0.6 is 22.7 Å². The fourth-order valence-corrected chi connectivity index (χ4v) is 5.16. The highest BCUT2D eigenvalue weighted by atomic mass is 32.1. The van der Waals surface area contributed by atoms with E-state index in [2.05, 4.69) is 5.32 Å². The summed E-state index contributed by atoms with van der Waals surface area (Å²) >= 11 is 2.22. The van der Waals surface area contributed by atoms with Gasteiger partial charge in [0.2, 0.25) is 5.52 Å². The number of anilines is 1. The average Bonchev–Trinajstić information content (AvgIpc) is 3.28. The molecular formula is C21H15F2N2O3S2+. The number of benzene rings is 2. The summed E-state index contributed by atoms with van der Waals surface area (Å²) in [6, 6.07) is 10.2. The molecule has 0 saturated heterocycles. The standard InChI is InChI=1S/C21H14F2N2O3S2/c1-10-7-8-11(17(23)16(10)22)12-9-29-19(15(12)21(27)28)24-18(26)20-25(2)13-5-3-4-6-14(13)30-20/h3-9H,1-2H3,(H-,24,26,27,28)/p+1. The van der Waals surface area contributed by atoms with E-state index in [1.54, 1.807) is 11.6 Å². The zero-order valence-corrected chi connectivity index (χ0v) is 17.5. The second kappa shape index (κ2) is 7.58. The van der Waals surface area contributed by atoms with Gasteiger partial charge in [0.05, 0.1) is 0 Å². The van der Waals surface area contributed by atoms with Crippen LogP contribution in [0.3, 0.4) is 0 Å². The lowest BCUT2D eigenvalue weighted by Gasteiger charge is -2.07. The van der Waals surface area contributed by atoms with Gasteiger partial charge in [0.25, 0.3) is 0 Å². The van der Waals surface area contributed by atoms with Gasteiger partial charge < -0.3 is 10.4 Å². The summed E-state index contributed by atoms with van der Waals surface area (Å²) in [6.45, 7) is 1.42. The first-order valence-corrected chi connectivity index (χ1v) is 10.5. The Hall–Kier alpha value is -3.17. The highest BCUT2D eigenvalue weighted by Gasteiger charge is 2.28. The minimum Gasteiger partial charge on any atom is -0.478 e. The molecule has 0 radical (unpaired) electrons. The predicted molar refractivity (Wildman–Crippen MR) is 112 cm³/mol. The van der Waals surface area contributed by atoms with Crippen LogP contribution < -0.4 is 9.88 Å². The molecule has 152 valence electrons. The summed E-state index contributed by atoms with van der Waals surface area (Å²) in [7, 11) is 1.75. The Balaban J connectivity index is 1.75. The van der Waals surface area contributed by atoms with E-state index in [4.69, 9.17) is 0 Å². The SMILES string of the molecule is Cc1ccc(-c2csc(NC(=O)c3sc4ccccc4[n+]3C)c2C(=O)O)c(F)c1F. The van der Waals surface area contributed by atoms with Crippen LogP contribution in [-0.2, 0) is 7.05 Å². The van der Waals surface area contributed by atoms with Crippen LogP contribution in [0.4, 0.5) is 13.8 Å². The first kappa shape index (κ1) is 20.1. The van der Waals surface area contributed by atoms with E-state index in [9.17, 15) is 23.5 Å².